The smallest absolute Gasteiger partial charge is 0.430 e. The van der Waals surface area contributed by atoms with E-state index in [2.05, 4.69) is 9.88 Å². The molecular weight excluding hydrogens is 561 g/mol. The van der Waals surface area contributed by atoms with E-state index in [0.29, 0.717) is 17.4 Å². The van der Waals surface area contributed by atoms with E-state index < -0.39 is 29.5 Å². The van der Waals surface area contributed by atoms with Crippen molar-refractivity contribution in [2.24, 2.45) is 17.8 Å². The fraction of sp³-hybridized carbons (Fsp3) is 0.586. The molecular formula is C29H38ClF3N4O4. The maximum absolute atomic E-state index is 14.2. The van der Waals surface area contributed by atoms with Gasteiger partial charge in [0.2, 0.25) is 0 Å². The van der Waals surface area contributed by atoms with Crippen molar-refractivity contribution in [3.8, 4) is 5.75 Å². The molecule has 2 aliphatic rings. The minimum Gasteiger partial charge on any atom is -0.494 e. The van der Waals surface area contributed by atoms with Crippen molar-refractivity contribution in [3.63, 3.8) is 0 Å². The first kappa shape index (κ1) is 31.3. The number of benzene rings is 1. The van der Waals surface area contributed by atoms with Gasteiger partial charge < -0.3 is 24.7 Å². The molecule has 0 radical (unpaired) electrons. The molecule has 2 heterocycles. The molecule has 1 aliphatic heterocycles. The molecule has 4 rings (SSSR count). The molecule has 1 amide bonds. The number of ether oxygens (including phenoxy) is 1. The Balaban J connectivity index is 1.35. The number of hydrogen-bond donors (Lipinski definition) is 2. The number of pyridine rings is 1. The minimum absolute atomic E-state index is 0.0760. The second-order valence-electron chi connectivity index (χ2n) is 11.2. The normalized spacial score (nSPS) is 21.9. The molecule has 2 N–H and O–H groups in total. The molecule has 2 aromatic rings. The molecule has 4 atom stereocenters. The van der Waals surface area contributed by atoms with Crippen LogP contribution in [0.2, 0.25) is 5.15 Å². The lowest BCUT2D eigenvalue weighted by Crippen LogP contribution is -2.55. The summed E-state index contributed by atoms with van der Waals surface area (Å²) in [4.78, 5) is 22.4. The van der Waals surface area contributed by atoms with Crippen molar-refractivity contribution in [1.82, 2.24) is 14.8 Å². The number of halogens is 4. The molecule has 226 valence electrons. The van der Waals surface area contributed by atoms with Crippen molar-refractivity contribution in [1.29, 1.82) is 0 Å². The third kappa shape index (κ3) is 6.58. The van der Waals surface area contributed by atoms with Gasteiger partial charge in [0.25, 0.3) is 11.5 Å². The van der Waals surface area contributed by atoms with Gasteiger partial charge in [-0.05, 0) is 82.3 Å². The van der Waals surface area contributed by atoms with Gasteiger partial charge in [-0.1, -0.05) is 23.7 Å². The van der Waals surface area contributed by atoms with E-state index in [1.807, 2.05) is 6.07 Å². The molecule has 1 saturated heterocycles. The number of carbonyl (C=O) groups is 1. The van der Waals surface area contributed by atoms with E-state index in [9.17, 15) is 28.2 Å². The van der Waals surface area contributed by atoms with Crippen LogP contribution in [0.5, 0.6) is 5.75 Å². The summed E-state index contributed by atoms with van der Waals surface area (Å²) >= 11 is 6.34. The predicted molar refractivity (Wildman–Crippen MR) is 150 cm³/mol. The summed E-state index contributed by atoms with van der Waals surface area (Å²) < 4.78 is 47.8. The zero-order valence-corrected chi connectivity index (χ0v) is 24.5. The second kappa shape index (κ2) is 12.3. The van der Waals surface area contributed by atoms with Gasteiger partial charge in [0.1, 0.15) is 22.9 Å². The number of aliphatic hydroxyl groups excluding tert-OH is 1. The minimum atomic E-state index is -5.21. The SMILES string of the molecule is CCOc1cccc([C@@](O)(C(=O)N(C)C[C@@H]2C[C@@H]2C2CCN(c3ccc(C(O)N(C)C)c(Cl)n3)CC2)C(F)(F)F)c1. The summed E-state index contributed by atoms with van der Waals surface area (Å²) in [5.74, 6) is 0.255. The first-order valence-electron chi connectivity index (χ1n) is 13.8. The predicted octanol–water partition coefficient (Wildman–Crippen LogP) is 4.45. The number of nitrogens with zero attached hydrogens (tertiary/aromatic N) is 4. The van der Waals surface area contributed by atoms with Crippen LogP contribution in [0.15, 0.2) is 36.4 Å². The van der Waals surface area contributed by atoms with Crippen LogP contribution in [0, 0.1) is 17.8 Å². The van der Waals surface area contributed by atoms with Crippen LogP contribution < -0.4 is 9.64 Å². The largest absolute Gasteiger partial charge is 0.494 e. The molecule has 1 aromatic carbocycles. The van der Waals surface area contributed by atoms with Crippen molar-refractivity contribution in [2.75, 3.05) is 52.3 Å². The summed E-state index contributed by atoms with van der Waals surface area (Å²) in [6, 6.07) is 8.60. The zero-order valence-electron chi connectivity index (χ0n) is 23.7. The quantitative estimate of drug-likeness (QED) is 0.309. The Hall–Kier alpha value is -2.60. The van der Waals surface area contributed by atoms with Crippen LogP contribution >= 0.6 is 11.6 Å². The van der Waals surface area contributed by atoms with Crippen molar-refractivity contribution in [3.05, 3.63) is 52.7 Å². The Morgan fingerprint density at radius 2 is 1.88 bits per heavy atom. The van der Waals surface area contributed by atoms with E-state index in [-0.39, 0.29) is 30.0 Å². The molecule has 8 nitrogen and oxygen atoms in total. The van der Waals surface area contributed by atoms with E-state index >= 15 is 0 Å². The Labute approximate surface area is 243 Å². The van der Waals surface area contributed by atoms with Gasteiger partial charge >= 0.3 is 6.18 Å². The van der Waals surface area contributed by atoms with Crippen LogP contribution in [0.25, 0.3) is 0 Å². The van der Waals surface area contributed by atoms with Crippen LogP contribution in [0.4, 0.5) is 19.0 Å². The summed E-state index contributed by atoms with van der Waals surface area (Å²) in [6.07, 6.45) is -3.46. The fourth-order valence-electron chi connectivity index (χ4n) is 5.79. The van der Waals surface area contributed by atoms with E-state index in [0.717, 1.165) is 55.2 Å². The monoisotopic (exact) mass is 598 g/mol. The van der Waals surface area contributed by atoms with Gasteiger partial charge in [-0.3, -0.25) is 9.69 Å². The number of likely N-dealkylation sites (N-methyl/N-ethyl adjacent to an activating group) is 1. The number of piperidine rings is 1. The standard InChI is InChI=1S/C29H38ClF3N4O4/c1-5-41-21-8-6-7-20(16-21)28(40,29(31,32)33)27(39)36(4)17-19-15-23(19)18-11-13-37(14-12-18)24-10-9-22(25(30)34-24)26(38)35(2)3/h6-10,16,18-19,23,26,38,40H,5,11-15,17H2,1-4H3/t19-,23+,26?,28+/m0/s1. The summed E-state index contributed by atoms with van der Waals surface area (Å²) in [7, 11) is 4.81. The van der Waals surface area contributed by atoms with E-state index in [1.165, 1.54) is 19.2 Å². The average Bonchev–Trinajstić information content (AvgIpc) is 3.70. The lowest BCUT2D eigenvalue weighted by Gasteiger charge is -2.34. The Morgan fingerprint density at radius 1 is 1.20 bits per heavy atom. The summed E-state index contributed by atoms with van der Waals surface area (Å²) in [6.45, 7) is 3.58. The summed E-state index contributed by atoms with van der Waals surface area (Å²) in [5, 5.41) is 21.3. The van der Waals surface area contributed by atoms with Crippen molar-refractivity contribution in [2.45, 2.75) is 44.2 Å². The number of anilines is 1. The molecule has 12 heteroatoms. The molecule has 41 heavy (non-hydrogen) atoms. The highest BCUT2D eigenvalue weighted by molar-refractivity contribution is 6.30. The van der Waals surface area contributed by atoms with Gasteiger partial charge in [0, 0.05) is 37.8 Å². The molecule has 1 aromatic heterocycles. The van der Waals surface area contributed by atoms with Crippen LogP contribution in [-0.2, 0) is 10.4 Å². The number of carbonyl (C=O) groups excluding carboxylic acids is 1. The average molecular weight is 599 g/mol. The van der Waals surface area contributed by atoms with Gasteiger partial charge in [-0.2, -0.15) is 13.2 Å². The summed E-state index contributed by atoms with van der Waals surface area (Å²) in [5.41, 5.74) is -3.70. The molecule has 1 saturated carbocycles. The molecule has 1 aliphatic carbocycles. The van der Waals surface area contributed by atoms with Crippen molar-refractivity contribution < 1.29 is 32.9 Å². The van der Waals surface area contributed by atoms with Gasteiger partial charge in [-0.15, -0.1) is 0 Å². The van der Waals surface area contributed by atoms with Crippen LogP contribution in [0.3, 0.4) is 0 Å². The van der Waals surface area contributed by atoms with Crippen molar-refractivity contribution >= 4 is 23.3 Å². The van der Waals surface area contributed by atoms with E-state index in [1.54, 1.807) is 32.0 Å². The fourth-order valence-corrected chi connectivity index (χ4v) is 6.04. The number of aliphatic hydroxyl groups is 2. The maximum atomic E-state index is 14.2. The Kier molecular flexibility index (Phi) is 9.42. The number of hydrogen-bond acceptors (Lipinski definition) is 7. The maximum Gasteiger partial charge on any atom is 0.430 e. The molecule has 0 spiro atoms. The zero-order chi connectivity index (χ0) is 30.1. The highest BCUT2D eigenvalue weighted by Crippen LogP contribution is 2.49. The third-order valence-electron chi connectivity index (χ3n) is 8.21. The third-order valence-corrected chi connectivity index (χ3v) is 8.52. The van der Waals surface area contributed by atoms with Gasteiger partial charge in [-0.25, -0.2) is 4.98 Å². The molecule has 1 unspecified atom stereocenters. The van der Waals surface area contributed by atoms with Crippen LogP contribution in [0.1, 0.15) is 43.5 Å². The second-order valence-corrected chi connectivity index (χ2v) is 11.6. The van der Waals surface area contributed by atoms with Crippen LogP contribution in [-0.4, -0.2) is 84.5 Å². The Morgan fingerprint density at radius 3 is 2.46 bits per heavy atom. The Bertz CT molecular complexity index is 1220. The highest BCUT2D eigenvalue weighted by atomic mass is 35.5. The molecule has 0 bridgehead atoms. The van der Waals surface area contributed by atoms with Gasteiger partial charge in [0.05, 0.1) is 6.61 Å². The number of rotatable bonds is 10. The first-order chi connectivity index (χ1) is 19.3. The highest BCUT2D eigenvalue weighted by Gasteiger charge is 2.62. The lowest BCUT2D eigenvalue weighted by atomic mass is 9.90. The lowest BCUT2D eigenvalue weighted by molar-refractivity contribution is -0.261. The van der Waals surface area contributed by atoms with Gasteiger partial charge in [0.15, 0.2) is 0 Å². The molecule has 2 fully saturated rings. The first-order valence-corrected chi connectivity index (χ1v) is 14.2. The number of aromatic nitrogens is 1. The number of amides is 1. The topological polar surface area (TPSA) is 89.4 Å². The number of alkyl halides is 3. The van der Waals surface area contributed by atoms with E-state index in [4.69, 9.17) is 16.3 Å².